The third-order valence-corrected chi connectivity index (χ3v) is 3.47. The van der Waals surface area contributed by atoms with Crippen molar-refractivity contribution in [1.29, 1.82) is 0 Å². The van der Waals surface area contributed by atoms with Crippen LogP contribution in [0.4, 0.5) is 0 Å². The zero-order chi connectivity index (χ0) is 10.3. The molecule has 1 saturated carbocycles. The van der Waals surface area contributed by atoms with Crippen LogP contribution in [0.5, 0.6) is 0 Å². The summed E-state index contributed by atoms with van der Waals surface area (Å²) in [6.45, 7) is 0.770. The predicted molar refractivity (Wildman–Crippen MR) is 62.8 cm³/mol. The van der Waals surface area contributed by atoms with E-state index in [4.69, 9.17) is 5.73 Å². The Labute approximate surface area is 89.5 Å². The molecule has 1 fully saturated rings. The summed E-state index contributed by atoms with van der Waals surface area (Å²) in [5.41, 5.74) is 8.52. The van der Waals surface area contributed by atoms with Gasteiger partial charge in [0.25, 0.3) is 0 Å². The molecule has 2 heteroatoms. The molecule has 2 nitrogen and oxygen atoms in total. The van der Waals surface area contributed by atoms with Gasteiger partial charge in [-0.2, -0.15) is 0 Å². The minimum Gasteiger partial charge on any atom is -0.361 e. The minimum atomic E-state index is 0.557. The number of fused-ring (bicyclic) bond motifs is 1. The summed E-state index contributed by atoms with van der Waals surface area (Å²) in [6, 6.07) is 8.48. The second-order valence-corrected chi connectivity index (χ2v) is 4.47. The summed E-state index contributed by atoms with van der Waals surface area (Å²) in [4.78, 5) is 3.33. The highest BCUT2D eigenvalue weighted by Gasteiger charge is 2.32. The van der Waals surface area contributed by atoms with Crippen molar-refractivity contribution in [1.82, 2.24) is 4.98 Å². The van der Waals surface area contributed by atoms with Crippen LogP contribution < -0.4 is 5.73 Å². The van der Waals surface area contributed by atoms with Crippen molar-refractivity contribution in [3.63, 3.8) is 0 Å². The van der Waals surface area contributed by atoms with E-state index in [1.54, 1.807) is 0 Å². The van der Waals surface area contributed by atoms with Crippen molar-refractivity contribution in [2.24, 2.45) is 11.7 Å². The molecule has 0 amide bonds. The van der Waals surface area contributed by atoms with E-state index < -0.39 is 0 Å². The fraction of sp³-hybridized carbons (Fsp3) is 0.385. The van der Waals surface area contributed by atoms with Crippen LogP contribution in [0.2, 0.25) is 0 Å². The Kier molecular flexibility index (Phi) is 2.03. The van der Waals surface area contributed by atoms with Crippen LogP contribution in [0.1, 0.15) is 24.3 Å². The number of benzene rings is 1. The van der Waals surface area contributed by atoms with E-state index in [0.29, 0.717) is 5.92 Å². The lowest BCUT2D eigenvalue weighted by Gasteiger charge is -2.12. The molecule has 3 N–H and O–H groups in total. The molecular formula is C13H16N2. The van der Waals surface area contributed by atoms with Gasteiger partial charge in [0, 0.05) is 23.0 Å². The van der Waals surface area contributed by atoms with Gasteiger partial charge in [-0.25, -0.2) is 0 Å². The molecule has 15 heavy (non-hydrogen) atoms. The van der Waals surface area contributed by atoms with E-state index in [1.165, 1.54) is 29.3 Å². The predicted octanol–water partition coefficient (Wildman–Crippen LogP) is 2.62. The first-order chi connectivity index (χ1) is 7.40. The Balaban J connectivity index is 2.08. The number of rotatable bonds is 3. The topological polar surface area (TPSA) is 41.8 Å². The standard InChI is InChI=1S/C13H16N2/c14-7-11(9-5-6-9)12-8-15-13-4-2-1-3-10(12)13/h1-4,8-9,11,15H,5-7,14H2. The highest BCUT2D eigenvalue weighted by atomic mass is 14.7. The zero-order valence-corrected chi connectivity index (χ0v) is 8.74. The summed E-state index contributed by atoms with van der Waals surface area (Å²) >= 11 is 0. The van der Waals surface area contributed by atoms with Crippen LogP contribution >= 0.6 is 0 Å². The lowest BCUT2D eigenvalue weighted by Crippen LogP contribution is -2.13. The lowest BCUT2D eigenvalue weighted by atomic mass is 9.94. The Morgan fingerprint density at radius 1 is 1.33 bits per heavy atom. The number of hydrogen-bond acceptors (Lipinski definition) is 1. The lowest BCUT2D eigenvalue weighted by molar-refractivity contribution is 0.620. The molecule has 1 aromatic heterocycles. The first kappa shape index (κ1) is 8.98. The summed E-state index contributed by atoms with van der Waals surface area (Å²) in [5, 5.41) is 1.35. The van der Waals surface area contributed by atoms with Crippen LogP contribution in [-0.2, 0) is 0 Å². The third kappa shape index (κ3) is 1.45. The summed E-state index contributed by atoms with van der Waals surface area (Å²) in [5.74, 6) is 1.38. The van der Waals surface area contributed by atoms with Gasteiger partial charge in [0.1, 0.15) is 0 Å². The fourth-order valence-electron chi connectivity index (χ4n) is 2.47. The average Bonchev–Trinajstić information content (AvgIpc) is 3.01. The van der Waals surface area contributed by atoms with Crippen molar-refractivity contribution in [3.8, 4) is 0 Å². The molecule has 0 saturated heterocycles. The second-order valence-electron chi connectivity index (χ2n) is 4.47. The van der Waals surface area contributed by atoms with E-state index in [0.717, 1.165) is 12.5 Å². The minimum absolute atomic E-state index is 0.557. The SMILES string of the molecule is NCC(c1c[nH]c2ccccc12)C1CC1. The monoisotopic (exact) mass is 200 g/mol. The molecule has 1 unspecified atom stereocenters. The maximum Gasteiger partial charge on any atom is 0.0456 e. The number of H-pyrrole nitrogens is 1. The molecule has 1 aliphatic rings. The summed E-state index contributed by atoms with van der Waals surface area (Å²) < 4.78 is 0. The molecule has 1 aromatic carbocycles. The number of para-hydroxylation sites is 1. The molecular weight excluding hydrogens is 184 g/mol. The third-order valence-electron chi connectivity index (χ3n) is 3.47. The van der Waals surface area contributed by atoms with E-state index >= 15 is 0 Å². The quantitative estimate of drug-likeness (QED) is 0.785. The van der Waals surface area contributed by atoms with Crippen molar-refractivity contribution >= 4 is 10.9 Å². The molecule has 3 rings (SSSR count). The van der Waals surface area contributed by atoms with Gasteiger partial charge in [0.15, 0.2) is 0 Å². The Morgan fingerprint density at radius 2 is 2.13 bits per heavy atom. The van der Waals surface area contributed by atoms with Gasteiger partial charge in [-0.3, -0.25) is 0 Å². The van der Waals surface area contributed by atoms with Crippen LogP contribution in [0.3, 0.4) is 0 Å². The molecule has 78 valence electrons. The van der Waals surface area contributed by atoms with Gasteiger partial charge in [0.2, 0.25) is 0 Å². The summed E-state index contributed by atoms with van der Waals surface area (Å²) in [6.07, 6.45) is 4.84. The van der Waals surface area contributed by atoms with Crippen molar-refractivity contribution in [2.45, 2.75) is 18.8 Å². The molecule has 0 spiro atoms. The van der Waals surface area contributed by atoms with E-state index in [1.807, 2.05) is 0 Å². The first-order valence-electron chi connectivity index (χ1n) is 5.66. The van der Waals surface area contributed by atoms with Gasteiger partial charge < -0.3 is 10.7 Å². The Hall–Kier alpha value is -1.28. The molecule has 1 aliphatic carbocycles. The molecule has 1 atom stereocenters. The number of nitrogens with one attached hydrogen (secondary N) is 1. The van der Waals surface area contributed by atoms with Crippen LogP contribution in [0.25, 0.3) is 10.9 Å². The molecule has 1 heterocycles. The maximum atomic E-state index is 5.88. The Morgan fingerprint density at radius 3 is 2.87 bits per heavy atom. The van der Waals surface area contributed by atoms with Gasteiger partial charge in [-0.15, -0.1) is 0 Å². The van der Waals surface area contributed by atoms with Crippen LogP contribution in [0.15, 0.2) is 30.5 Å². The van der Waals surface area contributed by atoms with Gasteiger partial charge in [-0.05, 0) is 36.9 Å². The van der Waals surface area contributed by atoms with Crippen molar-refractivity contribution in [3.05, 3.63) is 36.0 Å². The molecule has 0 radical (unpaired) electrons. The largest absolute Gasteiger partial charge is 0.361 e. The fourth-order valence-corrected chi connectivity index (χ4v) is 2.47. The number of aromatic nitrogens is 1. The second kappa shape index (κ2) is 3.38. The van der Waals surface area contributed by atoms with E-state index in [-0.39, 0.29) is 0 Å². The number of aromatic amines is 1. The first-order valence-corrected chi connectivity index (χ1v) is 5.66. The normalized spacial score (nSPS) is 18.2. The van der Waals surface area contributed by atoms with Gasteiger partial charge >= 0.3 is 0 Å². The average molecular weight is 200 g/mol. The Bertz CT molecular complexity index is 468. The summed E-state index contributed by atoms with van der Waals surface area (Å²) in [7, 11) is 0. The molecule has 0 bridgehead atoms. The number of nitrogens with two attached hydrogens (primary N) is 1. The zero-order valence-electron chi connectivity index (χ0n) is 8.74. The molecule has 0 aliphatic heterocycles. The van der Waals surface area contributed by atoms with E-state index in [9.17, 15) is 0 Å². The van der Waals surface area contributed by atoms with Crippen molar-refractivity contribution < 1.29 is 0 Å². The van der Waals surface area contributed by atoms with E-state index in [2.05, 4.69) is 35.4 Å². The van der Waals surface area contributed by atoms with Crippen LogP contribution in [0, 0.1) is 5.92 Å². The van der Waals surface area contributed by atoms with Gasteiger partial charge in [0.05, 0.1) is 0 Å². The maximum absolute atomic E-state index is 5.88. The van der Waals surface area contributed by atoms with Crippen LogP contribution in [-0.4, -0.2) is 11.5 Å². The smallest absolute Gasteiger partial charge is 0.0456 e. The number of hydrogen-bond donors (Lipinski definition) is 2. The van der Waals surface area contributed by atoms with Gasteiger partial charge in [-0.1, -0.05) is 18.2 Å². The highest BCUT2D eigenvalue weighted by Crippen LogP contribution is 2.43. The van der Waals surface area contributed by atoms with Crippen molar-refractivity contribution in [2.75, 3.05) is 6.54 Å². The molecule has 2 aromatic rings. The highest BCUT2D eigenvalue weighted by molar-refractivity contribution is 5.83.